The smallest absolute Gasteiger partial charge is 0.410 e. The van der Waals surface area contributed by atoms with Crippen LogP contribution in [0.1, 0.15) is 57.9 Å². The highest BCUT2D eigenvalue weighted by Crippen LogP contribution is 2.38. The van der Waals surface area contributed by atoms with Crippen molar-refractivity contribution < 1.29 is 14.3 Å². The predicted octanol–water partition coefficient (Wildman–Crippen LogP) is 3.45. The molecule has 1 N–H and O–H groups in total. The largest absolute Gasteiger partial charge is 0.444 e. The fourth-order valence-corrected chi connectivity index (χ4v) is 3.90. The minimum Gasteiger partial charge on any atom is -0.444 e. The molecule has 0 aromatic heterocycles. The summed E-state index contributed by atoms with van der Waals surface area (Å²) in [7, 11) is 0. The van der Waals surface area contributed by atoms with Gasteiger partial charge in [0.2, 0.25) is 5.91 Å². The Morgan fingerprint density at radius 3 is 2.44 bits per heavy atom. The van der Waals surface area contributed by atoms with Crippen LogP contribution < -0.4 is 5.32 Å². The van der Waals surface area contributed by atoms with Crippen molar-refractivity contribution in [3.8, 4) is 0 Å². The molecular formula is C20H28N2O3. The summed E-state index contributed by atoms with van der Waals surface area (Å²) in [5, 5.41) is 3.22. The van der Waals surface area contributed by atoms with Gasteiger partial charge in [0.15, 0.2) is 0 Å². The van der Waals surface area contributed by atoms with Crippen molar-refractivity contribution in [3.05, 3.63) is 35.9 Å². The van der Waals surface area contributed by atoms with Crippen molar-refractivity contribution in [3.63, 3.8) is 0 Å². The summed E-state index contributed by atoms with van der Waals surface area (Å²) >= 11 is 0. The predicted molar refractivity (Wildman–Crippen MR) is 96.3 cm³/mol. The zero-order chi connectivity index (χ0) is 18.1. The van der Waals surface area contributed by atoms with Gasteiger partial charge in [-0.25, -0.2) is 4.79 Å². The molecule has 1 atom stereocenters. The number of carbonyl (C=O) groups excluding carboxylic acids is 2. The van der Waals surface area contributed by atoms with Crippen LogP contribution in [-0.2, 0) is 9.53 Å². The van der Waals surface area contributed by atoms with Gasteiger partial charge in [-0.1, -0.05) is 30.3 Å². The van der Waals surface area contributed by atoms with Gasteiger partial charge in [0, 0.05) is 25.0 Å². The van der Waals surface area contributed by atoms with E-state index >= 15 is 0 Å². The molecule has 1 unspecified atom stereocenters. The number of amides is 2. The van der Waals surface area contributed by atoms with E-state index in [0.717, 1.165) is 19.3 Å². The molecule has 0 saturated carbocycles. The van der Waals surface area contributed by atoms with E-state index in [0.29, 0.717) is 19.5 Å². The molecule has 5 nitrogen and oxygen atoms in total. The first-order valence-corrected chi connectivity index (χ1v) is 9.10. The Bertz CT molecular complexity index is 628. The SMILES string of the molecule is CC(C)(C)OC(=O)N1CCC2(CC1)CC(c1ccccc1)CC(=O)N2. The number of carbonyl (C=O) groups is 2. The van der Waals surface area contributed by atoms with Crippen LogP contribution in [0, 0.1) is 0 Å². The van der Waals surface area contributed by atoms with E-state index in [-0.39, 0.29) is 23.5 Å². The summed E-state index contributed by atoms with van der Waals surface area (Å²) in [6, 6.07) is 10.3. The quantitative estimate of drug-likeness (QED) is 0.849. The molecule has 0 bridgehead atoms. The molecule has 2 aliphatic heterocycles. The maximum atomic E-state index is 12.3. The van der Waals surface area contributed by atoms with E-state index in [2.05, 4.69) is 17.4 Å². The minimum absolute atomic E-state index is 0.117. The van der Waals surface area contributed by atoms with E-state index in [1.807, 2.05) is 39.0 Å². The Morgan fingerprint density at radius 2 is 1.84 bits per heavy atom. The molecule has 136 valence electrons. The highest BCUT2D eigenvalue weighted by Gasteiger charge is 2.43. The molecular weight excluding hydrogens is 316 g/mol. The number of hydrogen-bond acceptors (Lipinski definition) is 3. The number of benzene rings is 1. The van der Waals surface area contributed by atoms with Gasteiger partial charge >= 0.3 is 6.09 Å². The summed E-state index contributed by atoms with van der Waals surface area (Å²) < 4.78 is 5.46. The Hall–Kier alpha value is -2.04. The van der Waals surface area contributed by atoms with Crippen LogP contribution in [0.5, 0.6) is 0 Å². The molecule has 2 saturated heterocycles. The maximum Gasteiger partial charge on any atom is 0.410 e. The second-order valence-electron chi connectivity index (χ2n) is 8.31. The highest BCUT2D eigenvalue weighted by atomic mass is 16.6. The lowest BCUT2D eigenvalue weighted by atomic mass is 9.73. The van der Waals surface area contributed by atoms with Gasteiger partial charge < -0.3 is 15.0 Å². The van der Waals surface area contributed by atoms with Gasteiger partial charge in [0.05, 0.1) is 0 Å². The van der Waals surface area contributed by atoms with Gasteiger partial charge in [-0.15, -0.1) is 0 Å². The van der Waals surface area contributed by atoms with Crippen LogP contribution in [0.4, 0.5) is 4.79 Å². The molecule has 5 heteroatoms. The topological polar surface area (TPSA) is 58.6 Å². The molecule has 2 fully saturated rings. The summed E-state index contributed by atoms with van der Waals surface area (Å²) in [6.07, 6.45) is 2.78. The Labute approximate surface area is 149 Å². The Morgan fingerprint density at radius 1 is 1.20 bits per heavy atom. The van der Waals surface area contributed by atoms with Crippen molar-refractivity contribution in [2.24, 2.45) is 0 Å². The van der Waals surface area contributed by atoms with Crippen LogP contribution in [0.15, 0.2) is 30.3 Å². The van der Waals surface area contributed by atoms with Gasteiger partial charge in [-0.05, 0) is 51.5 Å². The third-order valence-electron chi connectivity index (χ3n) is 5.12. The molecule has 0 aliphatic carbocycles. The third kappa shape index (κ3) is 4.33. The average Bonchev–Trinajstić information content (AvgIpc) is 2.54. The van der Waals surface area contributed by atoms with Crippen molar-refractivity contribution in [2.45, 2.75) is 63.5 Å². The van der Waals surface area contributed by atoms with Crippen LogP contribution >= 0.6 is 0 Å². The molecule has 2 amide bonds. The first-order valence-electron chi connectivity index (χ1n) is 9.10. The molecule has 3 rings (SSSR count). The molecule has 2 heterocycles. The monoisotopic (exact) mass is 344 g/mol. The second-order valence-corrected chi connectivity index (χ2v) is 8.31. The van der Waals surface area contributed by atoms with Crippen molar-refractivity contribution in [1.29, 1.82) is 0 Å². The first kappa shape index (κ1) is 17.8. The van der Waals surface area contributed by atoms with E-state index in [1.165, 1.54) is 5.56 Å². The van der Waals surface area contributed by atoms with Crippen molar-refractivity contribution in [2.75, 3.05) is 13.1 Å². The minimum atomic E-state index is -0.482. The number of nitrogens with zero attached hydrogens (tertiary/aromatic N) is 1. The Balaban J connectivity index is 1.65. The maximum absolute atomic E-state index is 12.3. The second kappa shape index (κ2) is 6.70. The average molecular weight is 344 g/mol. The summed E-state index contributed by atoms with van der Waals surface area (Å²) in [4.78, 5) is 26.3. The molecule has 1 spiro atoms. The zero-order valence-electron chi connectivity index (χ0n) is 15.4. The molecule has 1 aromatic carbocycles. The van der Waals surface area contributed by atoms with Crippen molar-refractivity contribution in [1.82, 2.24) is 10.2 Å². The van der Waals surface area contributed by atoms with Crippen LogP contribution in [-0.4, -0.2) is 41.1 Å². The van der Waals surface area contributed by atoms with Crippen LogP contribution in [0.3, 0.4) is 0 Å². The van der Waals surface area contributed by atoms with Crippen LogP contribution in [0.2, 0.25) is 0 Å². The molecule has 0 radical (unpaired) electrons. The number of nitrogens with one attached hydrogen (secondary N) is 1. The third-order valence-corrected chi connectivity index (χ3v) is 5.12. The number of ether oxygens (including phenoxy) is 1. The lowest BCUT2D eigenvalue weighted by Crippen LogP contribution is -2.59. The standard InChI is InChI=1S/C20H28N2O3/c1-19(2,3)25-18(24)22-11-9-20(10-12-22)14-16(13-17(23)21-20)15-7-5-4-6-8-15/h4-8,16H,9-14H2,1-3H3,(H,21,23). The van der Waals surface area contributed by atoms with E-state index < -0.39 is 5.60 Å². The summed E-state index contributed by atoms with van der Waals surface area (Å²) in [5.74, 6) is 0.369. The fourth-order valence-electron chi connectivity index (χ4n) is 3.90. The first-order chi connectivity index (χ1) is 11.8. The van der Waals surface area contributed by atoms with Gasteiger partial charge in [0.1, 0.15) is 5.60 Å². The van der Waals surface area contributed by atoms with E-state index in [1.54, 1.807) is 4.90 Å². The summed E-state index contributed by atoms with van der Waals surface area (Å²) in [5.41, 5.74) is 0.546. The molecule has 1 aromatic rings. The molecule has 25 heavy (non-hydrogen) atoms. The normalized spacial score (nSPS) is 23.2. The zero-order valence-corrected chi connectivity index (χ0v) is 15.4. The van der Waals surface area contributed by atoms with Gasteiger partial charge in [0.25, 0.3) is 0 Å². The lowest BCUT2D eigenvalue weighted by molar-refractivity contribution is -0.126. The Kier molecular flexibility index (Phi) is 4.76. The van der Waals surface area contributed by atoms with Gasteiger partial charge in [-0.3, -0.25) is 4.79 Å². The van der Waals surface area contributed by atoms with Crippen molar-refractivity contribution >= 4 is 12.0 Å². The number of rotatable bonds is 1. The lowest BCUT2D eigenvalue weighted by Gasteiger charge is -2.46. The fraction of sp³-hybridized carbons (Fsp3) is 0.600. The van der Waals surface area contributed by atoms with Crippen LogP contribution in [0.25, 0.3) is 0 Å². The van der Waals surface area contributed by atoms with Gasteiger partial charge in [-0.2, -0.15) is 0 Å². The summed E-state index contributed by atoms with van der Waals surface area (Å²) in [6.45, 7) is 6.87. The molecule has 2 aliphatic rings. The highest BCUT2D eigenvalue weighted by molar-refractivity contribution is 5.79. The van der Waals surface area contributed by atoms with E-state index in [4.69, 9.17) is 4.74 Å². The number of piperidine rings is 2. The van der Waals surface area contributed by atoms with E-state index in [9.17, 15) is 9.59 Å². The number of likely N-dealkylation sites (tertiary alicyclic amines) is 1. The number of hydrogen-bond donors (Lipinski definition) is 1.